The average molecular weight is 456 g/mol. The quantitative estimate of drug-likeness (QED) is 0.696. The minimum Gasteiger partial charge on any atom is -0.337 e. The van der Waals surface area contributed by atoms with Gasteiger partial charge in [0.05, 0.1) is 6.54 Å². The number of hydrogen-bond acceptors (Lipinski definition) is 3. The van der Waals surface area contributed by atoms with Crippen LogP contribution in [0.3, 0.4) is 0 Å². The van der Waals surface area contributed by atoms with Crippen LogP contribution in [-0.4, -0.2) is 54.3 Å². The molecule has 29 heavy (non-hydrogen) atoms. The van der Waals surface area contributed by atoms with Gasteiger partial charge in [0.15, 0.2) is 0 Å². The Morgan fingerprint density at radius 3 is 2.34 bits per heavy atom. The third kappa shape index (κ3) is 6.02. The lowest BCUT2D eigenvalue weighted by molar-refractivity contribution is -0.127. The molecule has 152 valence electrons. The van der Waals surface area contributed by atoms with Crippen molar-refractivity contribution in [2.45, 2.75) is 13.8 Å². The van der Waals surface area contributed by atoms with Crippen LogP contribution < -0.4 is 5.32 Å². The van der Waals surface area contributed by atoms with E-state index in [9.17, 15) is 9.59 Å². The molecule has 2 amide bonds. The fourth-order valence-corrected chi connectivity index (χ4v) is 3.82. The van der Waals surface area contributed by atoms with Crippen molar-refractivity contribution in [2.24, 2.45) is 0 Å². The van der Waals surface area contributed by atoms with Gasteiger partial charge in [0.2, 0.25) is 11.8 Å². The maximum absolute atomic E-state index is 12.4. The van der Waals surface area contributed by atoms with Gasteiger partial charge in [0.25, 0.3) is 0 Å². The van der Waals surface area contributed by atoms with Crippen molar-refractivity contribution in [1.29, 1.82) is 0 Å². The van der Waals surface area contributed by atoms with E-state index in [1.54, 1.807) is 6.08 Å². The van der Waals surface area contributed by atoms with Crippen LogP contribution in [0.4, 0.5) is 5.69 Å². The number of nitrogens with one attached hydrogen (secondary N) is 1. The number of halogens is 1. The number of para-hydroxylation sites is 1. The number of rotatable bonds is 5. The lowest BCUT2D eigenvalue weighted by Crippen LogP contribution is -2.50. The first-order valence-electron chi connectivity index (χ1n) is 9.73. The van der Waals surface area contributed by atoms with Gasteiger partial charge in [-0.1, -0.05) is 46.3 Å². The Morgan fingerprint density at radius 1 is 1.03 bits per heavy atom. The van der Waals surface area contributed by atoms with Gasteiger partial charge in [-0.25, -0.2) is 0 Å². The molecule has 0 atom stereocenters. The fraction of sp³-hybridized carbons (Fsp3) is 0.304. The molecule has 0 spiro atoms. The van der Waals surface area contributed by atoms with Crippen LogP contribution in [0.2, 0.25) is 0 Å². The third-order valence-electron chi connectivity index (χ3n) is 5.06. The molecule has 1 heterocycles. The number of amides is 2. The number of piperazine rings is 1. The van der Waals surface area contributed by atoms with Gasteiger partial charge in [-0.3, -0.25) is 14.5 Å². The van der Waals surface area contributed by atoms with Crippen molar-refractivity contribution in [3.8, 4) is 0 Å². The molecule has 0 unspecified atom stereocenters. The van der Waals surface area contributed by atoms with E-state index >= 15 is 0 Å². The van der Waals surface area contributed by atoms with Crippen molar-refractivity contribution in [3.05, 3.63) is 69.7 Å². The van der Waals surface area contributed by atoms with Crippen LogP contribution in [0, 0.1) is 13.8 Å². The van der Waals surface area contributed by atoms with E-state index in [0.717, 1.165) is 26.9 Å². The molecular weight excluding hydrogens is 430 g/mol. The zero-order valence-electron chi connectivity index (χ0n) is 16.8. The second-order valence-electron chi connectivity index (χ2n) is 7.30. The summed E-state index contributed by atoms with van der Waals surface area (Å²) in [5.74, 6) is -0.0126. The molecule has 0 aromatic heterocycles. The van der Waals surface area contributed by atoms with Crippen LogP contribution in [-0.2, 0) is 9.59 Å². The molecule has 0 radical (unpaired) electrons. The second kappa shape index (κ2) is 9.85. The molecule has 1 fully saturated rings. The molecular formula is C23H26BrN3O2. The Balaban J connectivity index is 1.47. The molecule has 3 rings (SSSR count). The van der Waals surface area contributed by atoms with E-state index < -0.39 is 0 Å². The molecule has 1 aliphatic rings. The highest BCUT2D eigenvalue weighted by Gasteiger charge is 2.21. The Morgan fingerprint density at radius 2 is 1.69 bits per heavy atom. The number of carbonyl (C=O) groups is 2. The predicted molar refractivity (Wildman–Crippen MR) is 121 cm³/mol. The minimum absolute atomic E-state index is 0.00427. The molecule has 2 aromatic carbocycles. The summed E-state index contributed by atoms with van der Waals surface area (Å²) in [6.45, 7) is 6.96. The van der Waals surface area contributed by atoms with Crippen molar-refractivity contribution in [3.63, 3.8) is 0 Å². The first kappa shape index (κ1) is 21.3. The molecule has 1 saturated heterocycles. The first-order chi connectivity index (χ1) is 13.9. The topological polar surface area (TPSA) is 52.7 Å². The van der Waals surface area contributed by atoms with Gasteiger partial charge < -0.3 is 10.2 Å². The Kier molecular flexibility index (Phi) is 7.23. The molecule has 6 heteroatoms. The highest BCUT2D eigenvalue weighted by Crippen LogP contribution is 2.19. The van der Waals surface area contributed by atoms with Gasteiger partial charge in [-0.2, -0.15) is 0 Å². The summed E-state index contributed by atoms with van der Waals surface area (Å²) >= 11 is 3.43. The molecule has 1 N–H and O–H groups in total. The van der Waals surface area contributed by atoms with Gasteiger partial charge in [-0.05, 0) is 48.7 Å². The minimum atomic E-state index is -0.0169. The number of aryl methyl sites for hydroxylation is 2. The predicted octanol–water partition coefficient (Wildman–Crippen LogP) is 3.86. The third-order valence-corrected chi connectivity index (χ3v) is 5.56. The van der Waals surface area contributed by atoms with Crippen molar-refractivity contribution < 1.29 is 9.59 Å². The van der Waals surface area contributed by atoms with Crippen LogP contribution in [0.1, 0.15) is 16.7 Å². The number of nitrogens with zero attached hydrogens (tertiary/aromatic N) is 2. The highest BCUT2D eigenvalue weighted by atomic mass is 79.9. The van der Waals surface area contributed by atoms with Crippen molar-refractivity contribution in [1.82, 2.24) is 9.80 Å². The molecule has 0 aliphatic carbocycles. The lowest BCUT2D eigenvalue weighted by Gasteiger charge is -2.33. The van der Waals surface area contributed by atoms with Crippen LogP contribution in [0.5, 0.6) is 0 Å². The summed E-state index contributed by atoms with van der Waals surface area (Å²) in [5.41, 5.74) is 4.00. The van der Waals surface area contributed by atoms with Gasteiger partial charge in [0.1, 0.15) is 0 Å². The monoisotopic (exact) mass is 455 g/mol. The van der Waals surface area contributed by atoms with Gasteiger partial charge in [-0.15, -0.1) is 0 Å². The molecule has 2 aromatic rings. The van der Waals surface area contributed by atoms with Gasteiger partial charge >= 0.3 is 0 Å². The van der Waals surface area contributed by atoms with E-state index in [2.05, 4.69) is 26.1 Å². The standard InChI is InChI=1S/C23H26BrN3O2/c1-17-5-3-6-18(2)23(17)25-21(28)16-26-11-13-27(14-12-26)22(29)10-9-19-7-4-8-20(24)15-19/h3-10,15H,11-14,16H2,1-2H3,(H,25,28). The SMILES string of the molecule is Cc1cccc(C)c1NC(=O)CN1CCN(C(=O)C=Cc2cccc(Br)c2)CC1. The Hall–Kier alpha value is -2.44. The van der Waals surface area contributed by atoms with Gasteiger partial charge in [0, 0.05) is 42.4 Å². The first-order valence-corrected chi connectivity index (χ1v) is 10.5. The van der Waals surface area contributed by atoms with E-state index in [0.29, 0.717) is 32.7 Å². The zero-order chi connectivity index (χ0) is 20.8. The van der Waals surface area contributed by atoms with E-state index in [1.807, 2.05) is 67.3 Å². The summed E-state index contributed by atoms with van der Waals surface area (Å²) < 4.78 is 0.986. The number of anilines is 1. The summed E-state index contributed by atoms with van der Waals surface area (Å²) in [4.78, 5) is 28.8. The smallest absolute Gasteiger partial charge is 0.246 e. The van der Waals surface area contributed by atoms with Crippen molar-refractivity contribution in [2.75, 3.05) is 38.0 Å². The van der Waals surface area contributed by atoms with Crippen molar-refractivity contribution >= 4 is 39.5 Å². The molecule has 5 nitrogen and oxygen atoms in total. The second-order valence-corrected chi connectivity index (χ2v) is 8.22. The fourth-order valence-electron chi connectivity index (χ4n) is 3.40. The van der Waals surface area contributed by atoms with Crippen LogP contribution in [0.15, 0.2) is 53.0 Å². The summed E-state index contributed by atoms with van der Waals surface area (Å²) in [7, 11) is 0. The molecule has 0 bridgehead atoms. The maximum Gasteiger partial charge on any atom is 0.246 e. The van der Waals surface area contributed by atoms with Crippen LogP contribution in [0.25, 0.3) is 6.08 Å². The number of hydrogen-bond donors (Lipinski definition) is 1. The zero-order valence-corrected chi connectivity index (χ0v) is 18.4. The average Bonchev–Trinajstić information content (AvgIpc) is 2.70. The highest BCUT2D eigenvalue weighted by molar-refractivity contribution is 9.10. The van der Waals surface area contributed by atoms with E-state index in [-0.39, 0.29) is 11.8 Å². The Labute approximate surface area is 180 Å². The maximum atomic E-state index is 12.4. The summed E-state index contributed by atoms with van der Waals surface area (Å²) in [5, 5.41) is 3.03. The normalized spacial score (nSPS) is 14.9. The molecule has 0 saturated carbocycles. The largest absolute Gasteiger partial charge is 0.337 e. The molecule has 1 aliphatic heterocycles. The number of carbonyl (C=O) groups excluding carboxylic acids is 2. The van der Waals surface area contributed by atoms with E-state index in [1.165, 1.54) is 0 Å². The Bertz CT molecular complexity index is 898. The van der Waals surface area contributed by atoms with E-state index in [4.69, 9.17) is 0 Å². The number of benzene rings is 2. The van der Waals surface area contributed by atoms with Crippen LogP contribution >= 0.6 is 15.9 Å². The summed E-state index contributed by atoms with van der Waals surface area (Å²) in [6.07, 6.45) is 3.45. The lowest BCUT2D eigenvalue weighted by atomic mass is 10.1. The summed E-state index contributed by atoms with van der Waals surface area (Å²) in [6, 6.07) is 13.8.